The molecule has 1 aliphatic heterocycles. The summed E-state index contributed by atoms with van der Waals surface area (Å²) in [5, 5.41) is 24.5. The fourth-order valence-corrected chi connectivity index (χ4v) is 3.72. The fraction of sp³-hybridized carbons (Fsp3) is 0.519. The largest absolute Gasteiger partial charge is 0.508 e. The van der Waals surface area contributed by atoms with Crippen LogP contribution < -0.4 is 0 Å². The molecule has 0 atom stereocenters. The Morgan fingerprint density at radius 2 is 1.71 bits per heavy atom. The van der Waals surface area contributed by atoms with Gasteiger partial charge in [0.05, 0.1) is 12.3 Å². The molecule has 8 heteroatoms. The Hall–Kier alpha value is -3.29. The van der Waals surface area contributed by atoms with E-state index in [0.29, 0.717) is 42.6 Å². The maximum absolute atomic E-state index is 12.7. The number of cyclic esters (lactones) is 1. The van der Waals surface area contributed by atoms with Crippen LogP contribution in [0.25, 0.3) is 0 Å². The number of hydrogen-bond acceptors (Lipinski definition) is 7. The number of rotatable bonds is 7. The van der Waals surface area contributed by atoms with Gasteiger partial charge in [-0.1, -0.05) is 51.1 Å². The number of oxime groups is 1. The van der Waals surface area contributed by atoms with E-state index in [-0.39, 0.29) is 42.6 Å². The third kappa shape index (κ3) is 9.84. The van der Waals surface area contributed by atoms with Gasteiger partial charge >= 0.3 is 5.97 Å². The minimum Gasteiger partial charge on any atom is -0.508 e. The highest BCUT2D eigenvalue weighted by Gasteiger charge is 2.21. The number of nitrogens with zero attached hydrogens (tertiary/aromatic N) is 2. The van der Waals surface area contributed by atoms with Crippen LogP contribution in [0.5, 0.6) is 11.5 Å². The molecule has 1 aromatic carbocycles. The highest BCUT2D eigenvalue weighted by Crippen LogP contribution is 2.29. The lowest BCUT2D eigenvalue weighted by Gasteiger charge is -2.25. The van der Waals surface area contributed by atoms with Crippen molar-refractivity contribution in [3.8, 4) is 11.5 Å². The summed E-state index contributed by atoms with van der Waals surface area (Å²) in [7, 11) is 0. The summed E-state index contributed by atoms with van der Waals surface area (Å²) in [5.41, 5.74) is 0.762. The number of benzene rings is 1. The molecule has 0 aliphatic carbocycles. The van der Waals surface area contributed by atoms with Crippen LogP contribution >= 0.6 is 0 Å². The zero-order valence-corrected chi connectivity index (χ0v) is 21.2. The van der Waals surface area contributed by atoms with Crippen molar-refractivity contribution in [2.45, 2.75) is 53.4 Å². The van der Waals surface area contributed by atoms with Gasteiger partial charge in [0.1, 0.15) is 17.1 Å². The maximum Gasteiger partial charge on any atom is 0.342 e. The molecule has 0 aromatic heterocycles. The summed E-state index contributed by atoms with van der Waals surface area (Å²) in [5.74, 6) is -0.721. The molecule has 0 bridgehead atoms. The SMILES string of the molecule is CC(C)CN(CC(C)C)C(=O)CON=C1/C=C/CC/C=C/CCOC(=O)c2c(O)cc(O)cc2C1. The Bertz CT molecular complexity index is 939. The van der Waals surface area contributed by atoms with E-state index in [1.807, 2.05) is 18.2 Å². The van der Waals surface area contributed by atoms with E-state index in [1.165, 1.54) is 6.07 Å². The summed E-state index contributed by atoms with van der Waals surface area (Å²) >= 11 is 0. The van der Waals surface area contributed by atoms with Crippen molar-refractivity contribution in [3.63, 3.8) is 0 Å². The number of ether oxygens (including phenoxy) is 1. The normalized spacial score (nSPS) is 18.0. The molecule has 1 aromatic rings. The number of allylic oxidation sites excluding steroid dienone is 3. The molecule has 0 saturated carbocycles. The molecule has 0 saturated heterocycles. The standard InChI is InChI=1S/C27H38N2O6/c1-19(2)16-29(17-20(3)4)25(32)18-35-28-22-11-9-7-5-6-8-10-12-34-27(33)26-21(13-22)14-23(30)15-24(26)31/h6,8-9,11,14-15,19-20,30-31H,5,7,10,12-13,16-18H2,1-4H3/b8-6+,11-9+,28-22?. The molecule has 0 fully saturated rings. The number of amides is 1. The van der Waals surface area contributed by atoms with Crippen molar-refractivity contribution in [2.75, 3.05) is 26.3 Å². The van der Waals surface area contributed by atoms with Gasteiger partial charge in [-0.3, -0.25) is 4.79 Å². The van der Waals surface area contributed by atoms with Crippen LogP contribution in [0, 0.1) is 11.8 Å². The van der Waals surface area contributed by atoms with E-state index >= 15 is 0 Å². The van der Waals surface area contributed by atoms with Crippen LogP contribution in [0.15, 0.2) is 41.6 Å². The Morgan fingerprint density at radius 3 is 2.40 bits per heavy atom. The summed E-state index contributed by atoms with van der Waals surface area (Å²) in [4.78, 5) is 32.6. The molecule has 8 nitrogen and oxygen atoms in total. The zero-order chi connectivity index (χ0) is 25.8. The molecule has 35 heavy (non-hydrogen) atoms. The Balaban J connectivity index is 2.27. The smallest absolute Gasteiger partial charge is 0.342 e. The number of fused-ring (bicyclic) bond motifs is 1. The van der Waals surface area contributed by atoms with Gasteiger partial charge in [0, 0.05) is 25.6 Å². The van der Waals surface area contributed by atoms with Crippen molar-refractivity contribution < 1.29 is 29.4 Å². The lowest BCUT2D eigenvalue weighted by Crippen LogP contribution is -2.39. The van der Waals surface area contributed by atoms with Crippen LogP contribution in [0.2, 0.25) is 0 Å². The molecule has 1 aliphatic rings. The third-order valence-corrected chi connectivity index (χ3v) is 5.15. The summed E-state index contributed by atoms with van der Waals surface area (Å²) in [6.45, 7) is 9.49. The molecule has 0 spiro atoms. The van der Waals surface area contributed by atoms with E-state index < -0.39 is 5.97 Å². The van der Waals surface area contributed by atoms with Crippen LogP contribution in [0.4, 0.5) is 0 Å². The maximum atomic E-state index is 12.7. The van der Waals surface area contributed by atoms with Crippen molar-refractivity contribution in [1.82, 2.24) is 4.90 Å². The predicted molar refractivity (Wildman–Crippen MR) is 136 cm³/mol. The third-order valence-electron chi connectivity index (χ3n) is 5.15. The quantitative estimate of drug-likeness (QED) is 0.331. The Kier molecular flexibility index (Phi) is 11.3. The minimum absolute atomic E-state index is 0.0268. The lowest BCUT2D eigenvalue weighted by atomic mass is 10.00. The van der Waals surface area contributed by atoms with Crippen LogP contribution in [0.1, 0.15) is 62.9 Å². The van der Waals surface area contributed by atoms with Gasteiger partial charge in [-0.05, 0) is 48.8 Å². The number of phenols is 2. The average molecular weight is 487 g/mol. The van der Waals surface area contributed by atoms with Crippen molar-refractivity contribution >= 4 is 17.6 Å². The molecule has 2 rings (SSSR count). The van der Waals surface area contributed by atoms with Gasteiger partial charge in [-0.15, -0.1) is 0 Å². The second-order valence-electron chi connectivity index (χ2n) is 9.49. The highest BCUT2D eigenvalue weighted by molar-refractivity contribution is 6.00. The monoisotopic (exact) mass is 486 g/mol. The second kappa shape index (κ2) is 14.2. The number of carbonyl (C=O) groups is 2. The van der Waals surface area contributed by atoms with E-state index in [2.05, 4.69) is 32.9 Å². The number of hydrogen-bond donors (Lipinski definition) is 2. The van der Waals surface area contributed by atoms with Gasteiger partial charge in [0.2, 0.25) is 0 Å². The predicted octanol–water partition coefficient (Wildman–Crippen LogP) is 4.61. The first-order chi connectivity index (χ1) is 16.7. The van der Waals surface area contributed by atoms with Gasteiger partial charge < -0.3 is 24.7 Å². The van der Waals surface area contributed by atoms with E-state index in [0.717, 1.165) is 18.9 Å². The number of aromatic hydroxyl groups is 2. The second-order valence-corrected chi connectivity index (χ2v) is 9.49. The van der Waals surface area contributed by atoms with Crippen LogP contribution in [-0.4, -0.2) is 59.0 Å². The lowest BCUT2D eigenvalue weighted by molar-refractivity contribution is -0.137. The van der Waals surface area contributed by atoms with E-state index in [1.54, 1.807) is 11.0 Å². The van der Waals surface area contributed by atoms with Gasteiger partial charge in [-0.25, -0.2) is 4.79 Å². The molecule has 0 radical (unpaired) electrons. The molecular formula is C27H38N2O6. The summed E-state index contributed by atoms with van der Waals surface area (Å²) in [6.07, 6.45) is 9.89. The molecule has 2 N–H and O–H groups in total. The summed E-state index contributed by atoms with van der Waals surface area (Å²) in [6, 6.07) is 2.49. The van der Waals surface area contributed by atoms with Gasteiger partial charge in [-0.2, -0.15) is 0 Å². The highest BCUT2D eigenvalue weighted by atomic mass is 16.6. The zero-order valence-electron chi connectivity index (χ0n) is 21.2. The fourth-order valence-electron chi connectivity index (χ4n) is 3.72. The van der Waals surface area contributed by atoms with Crippen molar-refractivity contribution in [1.29, 1.82) is 0 Å². The molecule has 0 unspecified atom stereocenters. The van der Waals surface area contributed by atoms with E-state index in [9.17, 15) is 19.8 Å². The number of esters is 1. The van der Waals surface area contributed by atoms with E-state index in [4.69, 9.17) is 9.57 Å². The Labute approximate surface area is 207 Å². The first-order valence-electron chi connectivity index (χ1n) is 12.2. The summed E-state index contributed by atoms with van der Waals surface area (Å²) < 4.78 is 5.30. The first-order valence-corrected chi connectivity index (χ1v) is 12.2. The molecule has 1 heterocycles. The van der Waals surface area contributed by atoms with Gasteiger partial charge in [0.15, 0.2) is 6.61 Å². The first kappa shape index (κ1) is 28.0. The van der Waals surface area contributed by atoms with Crippen molar-refractivity contribution in [2.24, 2.45) is 17.0 Å². The van der Waals surface area contributed by atoms with Crippen LogP contribution in [0.3, 0.4) is 0 Å². The van der Waals surface area contributed by atoms with Crippen molar-refractivity contribution in [3.05, 3.63) is 47.6 Å². The Morgan fingerprint density at radius 1 is 1.06 bits per heavy atom. The molecule has 1 amide bonds. The van der Waals surface area contributed by atoms with Crippen LogP contribution in [-0.2, 0) is 20.8 Å². The number of carbonyl (C=O) groups excluding carboxylic acids is 2. The molecule has 192 valence electrons. The average Bonchev–Trinajstić information content (AvgIpc) is 2.75. The topological polar surface area (TPSA) is 109 Å². The minimum atomic E-state index is -0.680. The number of phenolic OH excluding ortho intramolecular Hbond substituents is 2. The van der Waals surface area contributed by atoms with Gasteiger partial charge in [0.25, 0.3) is 5.91 Å². The molecular weight excluding hydrogens is 448 g/mol.